The van der Waals surface area contributed by atoms with Crippen LogP contribution >= 0.6 is 11.6 Å². The Morgan fingerprint density at radius 2 is 1.74 bits per heavy atom. The number of carbonyl (C=O) groups is 1. The Bertz CT molecular complexity index is 515. The summed E-state index contributed by atoms with van der Waals surface area (Å²) in [6.45, 7) is 7.63. The van der Waals surface area contributed by atoms with Crippen molar-refractivity contribution in [1.82, 2.24) is 0 Å². The third-order valence-electron chi connectivity index (χ3n) is 3.78. The van der Waals surface area contributed by atoms with Crippen molar-refractivity contribution in [3.63, 3.8) is 0 Å². The van der Waals surface area contributed by atoms with E-state index in [1.807, 2.05) is 27.7 Å². The first-order valence-electron chi connectivity index (χ1n) is 5.98. The fraction of sp³-hybridized carbons (Fsp3) is 0.462. The normalized spacial score (nSPS) is 20.6. The number of halogens is 2. The van der Waals surface area contributed by atoms with Crippen molar-refractivity contribution in [2.45, 2.75) is 38.9 Å². The molecule has 0 N–H and O–H groups in total. The summed E-state index contributed by atoms with van der Waals surface area (Å²) in [6.07, 6.45) is 0.395. The summed E-state index contributed by atoms with van der Waals surface area (Å²) in [6, 6.07) is 2.67. The van der Waals surface area contributed by atoms with Gasteiger partial charge < -0.3 is 9.31 Å². The summed E-state index contributed by atoms with van der Waals surface area (Å²) in [5, 5.41) is 0.0356. The molecular weight excluding hydrogens is 269 g/mol. The molecule has 102 valence electrons. The molecule has 1 aliphatic heterocycles. The SMILES string of the molecule is CC1(C)OB(c2ccc(F)c(C=O)c2Cl)OC1(C)C. The highest BCUT2D eigenvalue weighted by Crippen LogP contribution is 2.37. The zero-order valence-corrected chi connectivity index (χ0v) is 12.0. The van der Waals surface area contributed by atoms with E-state index in [4.69, 9.17) is 20.9 Å². The molecule has 0 aliphatic carbocycles. The van der Waals surface area contributed by atoms with Gasteiger partial charge in [-0.15, -0.1) is 0 Å². The minimum Gasteiger partial charge on any atom is -0.399 e. The Labute approximate surface area is 117 Å². The highest BCUT2D eigenvalue weighted by Gasteiger charge is 2.52. The average Bonchev–Trinajstić information content (AvgIpc) is 2.48. The quantitative estimate of drug-likeness (QED) is 0.618. The molecule has 0 radical (unpaired) electrons. The zero-order chi connectivity index (χ0) is 14.4. The fourth-order valence-corrected chi connectivity index (χ4v) is 2.13. The lowest BCUT2D eigenvalue weighted by Gasteiger charge is -2.32. The molecule has 0 bridgehead atoms. The molecule has 1 aromatic rings. The van der Waals surface area contributed by atoms with Gasteiger partial charge in [-0.3, -0.25) is 4.79 Å². The zero-order valence-electron chi connectivity index (χ0n) is 11.3. The largest absolute Gasteiger partial charge is 0.496 e. The van der Waals surface area contributed by atoms with E-state index in [1.165, 1.54) is 12.1 Å². The van der Waals surface area contributed by atoms with E-state index >= 15 is 0 Å². The molecule has 1 saturated heterocycles. The van der Waals surface area contributed by atoms with E-state index in [0.717, 1.165) is 0 Å². The highest BCUT2D eigenvalue weighted by atomic mass is 35.5. The van der Waals surface area contributed by atoms with E-state index in [9.17, 15) is 9.18 Å². The van der Waals surface area contributed by atoms with Crippen molar-refractivity contribution in [2.75, 3.05) is 0 Å². The first kappa shape index (κ1) is 14.5. The van der Waals surface area contributed by atoms with Crippen LogP contribution in [0.3, 0.4) is 0 Å². The topological polar surface area (TPSA) is 35.5 Å². The molecule has 0 saturated carbocycles. The minimum atomic E-state index is -0.711. The molecule has 1 heterocycles. The van der Waals surface area contributed by atoms with Gasteiger partial charge in [-0.05, 0) is 33.8 Å². The van der Waals surface area contributed by atoms with Gasteiger partial charge in [-0.25, -0.2) is 4.39 Å². The fourth-order valence-electron chi connectivity index (χ4n) is 1.85. The van der Waals surface area contributed by atoms with E-state index in [-0.39, 0.29) is 10.6 Å². The predicted octanol–water partition coefficient (Wildman–Crippen LogP) is 2.59. The summed E-state index contributed by atoms with van der Waals surface area (Å²) in [5.41, 5.74) is -0.745. The van der Waals surface area contributed by atoms with Gasteiger partial charge in [0, 0.05) is 5.46 Å². The maximum absolute atomic E-state index is 13.4. The van der Waals surface area contributed by atoms with E-state index in [2.05, 4.69) is 0 Å². The van der Waals surface area contributed by atoms with Crippen LogP contribution in [0.25, 0.3) is 0 Å². The minimum absolute atomic E-state index is 0.0356. The monoisotopic (exact) mass is 284 g/mol. The lowest BCUT2D eigenvalue weighted by atomic mass is 9.78. The van der Waals surface area contributed by atoms with Crippen molar-refractivity contribution in [2.24, 2.45) is 0 Å². The van der Waals surface area contributed by atoms with Gasteiger partial charge in [0.2, 0.25) is 0 Å². The van der Waals surface area contributed by atoms with Crippen LogP contribution in [0, 0.1) is 5.82 Å². The second-order valence-corrected chi connectivity index (χ2v) is 5.95. The Morgan fingerprint density at radius 3 is 2.21 bits per heavy atom. The molecule has 19 heavy (non-hydrogen) atoms. The Balaban J connectivity index is 2.43. The number of carbonyl (C=O) groups excluding carboxylic acids is 1. The van der Waals surface area contributed by atoms with Crippen LogP contribution in [0.1, 0.15) is 38.1 Å². The van der Waals surface area contributed by atoms with Crippen LogP contribution < -0.4 is 5.46 Å². The summed E-state index contributed by atoms with van der Waals surface area (Å²) in [7, 11) is -0.711. The number of hydrogen-bond acceptors (Lipinski definition) is 3. The van der Waals surface area contributed by atoms with Crippen LogP contribution in [-0.4, -0.2) is 24.6 Å². The molecule has 1 aliphatic rings. The molecular formula is C13H15BClFO3. The number of hydrogen-bond donors (Lipinski definition) is 0. The second-order valence-electron chi connectivity index (χ2n) is 5.57. The second kappa shape index (κ2) is 4.58. The maximum atomic E-state index is 13.4. The van der Waals surface area contributed by atoms with Crippen molar-refractivity contribution in [3.8, 4) is 0 Å². The van der Waals surface area contributed by atoms with E-state index < -0.39 is 24.1 Å². The van der Waals surface area contributed by atoms with Gasteiger partial charge in [-0.1, -0.05) is 17.7 Å². The van der Waals surface area contributed by atoms with E-state index in [0.29, 0.717) is 11.7 Å². The van der Waals surface area contributed by atoms with Gasteiger partial charge in [0.1, 0.15) is 5.82 Å². The predicted molar refractivity (Wildman–Crippen MR) is 72.5 cm³/mol. The van der Waals surface area contributed by atoms with Crippen LogP contribution in [0.4, 0.5) is 4.39 Å². The molecule has 1 fully saturated rings. The van der Waals surface area contributed by atoms with Crippen LogP contribution in [0.2, 0.25) is 5.02 Å². The van der Waals surface area contributed by atoms with Gasteiger partial charge in [-0.2, -0.15) is 0 Å². The van der Waals surface area contributed by atoms with Crippen LogP contribution in [0.5, 0.6) is 0 Å². The van der Waals surface area contributed by atoms with Gasteiger partial charge >= 0.3 is 7.12 Å². The van der Waals surface area contributed by atoms with Crippen LogP contribution in [0.15, 0.2) is 12.1 Å². The molecule has 0 aromatic heterocycles. The summed E-state index contributed by atoms with van der Waals surface area (Å²) < 4.78 is 25.1. The van der Waals surface area contributed by atoms with Gasteiger partial charge in [0.25, 0.3) is 0 Å². The number of aldehydes is 1. The molecule has 3 nitrogen and oxygen atoms in total. The highest BCUT2D eigenvalue weighted by molar-refractivity contribution is 6.66. The molecule has 0 spiro atoms. The Hall–Kier alpha value is -0.905. The molecule has 0 amide bonds. The molecule has 2 rings (SSSR count). The number of benzene rings is 1. The average molecular weight is 285 g/mol. The van der Waals surface area contributed by atoms with Crippen LogP contribution in [-0.2, 0) is 9.31 Å². The van der Waals surface area contributed by atoms with Gasteiger partial charge in [0.15, 0.2) is 6.29 Å². The molecule has 6 heteroatoms. The van der Waals surface area contributed by atoms with E-state index in [1.54, 1.807) is 0 Å². The molecule has 1 aromatic carbocycles. The first-order valence-corrected chi connectivity index (χ1v) is 6.36. The van der Waals surface area contributed by atoms with Crippen molar-refractivity contribution >= 4 is 30.5 Å². The third kappa shape index (κ3) is 2.31. The summed E-state index contributed by atoms with van der Waals surface area (Å²) in [5.74, 6) is -0.653. The Morgan fingerprint density at radius 1 is 1.21 bits per heavy atom. The third-order valence-corrected chi connectivity index (χ3v) is 4.20. The standard InChI is InChI=1S/C13H15BClFO3/c1-12(2)13(3,4)19-14(18-12)9-5-6-10(16)8(7-17)11(9)15/h5-7H,1-4H3. The number of rotatable bonds is 2. The molecule has 0 unspecified atom stereocenters. The lowest BCUT2D eigenvalue weighted by Crippen LogP contribution is -2.41. The maximum Gasteiger partial charge on any atom is 0.496 e. The smallest absolute Gasteiger partial charge is 0.399 e. The van der Waals surface area contributed by atoms with Crippen molar-refractivity contribution in [1.29, 1.82) is 0 Å². The van der Waals surface area contributed by atoms with Crippen molar-refractivity contribution in [3.05, 3.63) is 28.5 Å². The van der Waals surface area contributed by atoms with Gasteiger partial charge in [0.05, 0.1) is 21.8 Å². The lowest BCUT2D eigenvalue weighted by molar-refractivity contribution is 0.00578. The Kier molecular flexibility index (Phi) is 3.50. The summed E-state index contributed by atoms with van der Waals surface area (Å²) in [4.78, 5) is 10.9. The van der Waals surface area contributed by atoms with Crippen molar-refractivity contribution < 1.29 is 18.5 Å². The first-order chi connectivity index (χ1) is 8.69. The molecule has 0 atom stereocenters. The summed E-state index contributed by atoms with van der Waals surface area (Å²) >= 11 is 6.05.